The van der Waals surface area contributed by atoms with Crippen LogP contribution in [0.1, 0.15) is 130 Å². The smallest absolute Gasteiger partial charge is 0.250 e. The van der Waals surface area contributed by atoms with E-state index >= 15 is 0 Å². The minimum atomic E-state index is -1.08. The largest absolute Gasteiger partial charge is 0.363 e. The number of benzene rings is 3. The molecule has 15 heteroatoms. The molecule has 0 radical (unpaired) electrons. The van der Waals surface area contributed by atoms with Gasteiger partial charge in [-0.3, -0.25) is 28.8 Å². The van der Waals surface area contributed by atoms with Crippen molar-refractivity contribution >= 4 is 35.4 Å². The minimum absolute atomic E-state index is 0.0698. The van der Waals surface area contributed by atoms with Crippen LogP contribution >= 0.6 is 0 Å². The van der Waals surface area contributed by atoms with Crippen molar-refractivity contribution in [2.75, 3.05) is 33.8 Å². The Bertz CT molecular complexity index is 2380. The summed E-state index contributed by atoms with van der Waals surface area (Å²) in [5.74, 6) is 4.27. The normalized spacial score (nSPS) is 21.8. The third-order valence-corrected chi connectivity index (χ3v) is 14.4. The number of likely N-dealkylation sites (tertiary alicyclic amines) is 2. The molecule has 0 spiro atoms. The van der Waals surface area contributed by atoms with Gasteiger partial charge in [0, 0.05) is 18.7 Å². The van der Waals surface area contributed by atoms with E-state index in [1.165, 1.54) is 11.1 Å². The molecule has 368 valence electrons. The summed E-state index contributed by atoms with van der Waals surface area (Å²) in [4.78, 5) is 86.5. The number of amides is 6. The van der Waals surface area contributed by atoms with Crippen molar-refractivity contribution in [3.63, 3.8) is 0 Å². The lowest BCUT2D eigenvalue weighted by Crippen LogP contribution is -2.59. The number of carbonyl (C=O) groups is 6. The zero-order chi connectivity index (χ0) is 49.0. The first-order chi connectivity index (χ1) is 33.4. The summed E-state index contributed by atoms with van der Waals surface area (Å²) in [6.07, 6.45) is 7.61. The van der Waals surface area contributed by atoms with Gasteiger partial charge in [-0.2, -0.15) is 0 Å². The minimum Gasteiger partial charge on any atom is -0.363 e. The van der Waals surface area contributed by atoms with Crippen molar-refractivity contribution in [2.45, 2.75) is 146 Å². The van der Waals surface area contributed by atoms with Crippen LogP contribution in [0.25, 0.3) is 0 Å². The van der Waals surface area contributed by atoms with Gasteiger partial charge >= 0.3 is 0 Å². The number of carbonyl (C=O) groups excluding carboxylic acids is 6. The number of nitrogens with one attached hydrogen (secondary N) is 6. The second kappa shape index (κ2) is 24.0. The molecule has 4 aliphatic rings. The molecule has 7 rings (SSSR count). The van der Waals surface area contributed by atoms with Gasteiger partial charge in [-0.15, -0.1) is 0 Å². The van der Waals surface area contributed by atoms with Gasteiger partial charge in [-0.25, -0.2) is 0 Å². The highest BCUT2D eigenvalue weighted by Gasteiger charge is 2.42. The van der Waals surface area contributed by atoms with Gasteiger partial charge in [0.2, 0.25) is 35.4 Å². The fourth-order valence-electron chi connectivity index (χ4n) is 10.3. The summed E-state index contributed by atoms with van der Waals surface area (Å²) in [7, 11) is 3.36. The van der Waals surface area contributed by atoms with Crippen molar-refractivity contribution in [3.8, 4) is 11.8 Å². The molecule has 0 saturated carbocycles. The molecule has 2 saturated heterocycles. The van der Waals surface area contributed by atoms with Crippen LogP contribution in [0.2, 0.25) is 0 Å². The Balaban J connectivity index is 1.01. The lowest BCUT2D eigenvalue weighted by Gasteiger charge is -2.33. The molecule has 2 heterocycles. The molecule has 0 aromatic heterocycles. The van der Waals surface area contributed by atoms with Gasteiger partial charge < -0.3 is 46.4 Å². The Hall–Kier alpha value is -6.08. The van der Waals surface area contributed by atoms with E-state index in [1.54, 1.807) is 62.0 Å². The van der Waals surface area contributed by atoms with Crippen LogP contribution in [-0.4, -0.2) is 115 Å². The number of rotatable bonds is 17. The maximum Gasteiger partial charge on any atom is 0.250 e. The Morgan fingerprint density at radius 2 is 1.22 bits per heavy atom. The molecule has 2 fully saturated rings. The fourth-order valence-corrected chi connectivity index (χ4v) is 10.3. The topological polar surface area (TPSA) is 190 Å². The lowest BCUT2D eigenvalue weighted by atomic mass is 9.87. The Kier molecular flexibility index (Phi) is 17.6. The average Bonchev–Trinajstić information content (AvgIpc) is 4.08. The van der Waals surface area contributed by atoms with Crippen LogP contribution in [-0.2, 0) is 46.3 Å². The zero-order valence-corrected chi connectivity index (χ0v) is 40.8. The number of hydrogen-bond donors (Lipinski definition) is 6. The molecule has 6 N–H and O–H groups in total. The van der Waals surface area contributed by atoms with Gasteiger partial charge in [-0.1, -0.05) is 79.4 Å². The second-order valence-electron chi connectivity index (χ2n) is 18.8. The van der Waals surface area contributed by atoms with Crippen LogP contribution in [0.15, 0.2) is 72.8 Å². The predicted molar refractivity (Wildman–Crippen MR) is 263 cm³/mol. The molecule has 3 aromatic carbocycles. The van der Waals surface area contributed by atoms with Crippen molar-refractivity contribution in [1.82, 2.24) is 41.7 Å². The van der Waals surface area contributed by atoms with Crippen molar-refractivity contribution in [1.29, 1.82) is 0 Å². The Morgan fingerprint density at radius 1 is 0.667 bits per heavy atom. The van der Waals surface area contributed by atoms with Crippen LogP contribution in [0.5, 0.6) is 0 Å². The maximum absolute atomic E-state index is 14.5. The summed E-state index contributed by atoms with van der Waals surface area (Å²) < 4.78 is 6.12. The quantitative estimate of drug-likeness (QED) is 0.109. The van der Waals surface area contributed by atoms with Gasteiger partial charge in [0.1, 0.15) is 30.8 Å². The number of likely N-dealkylation sites (N-methyl/N-ethyl adjacent to an activating group) is 2. The molecule has 2 aliphatic carbocycles. The first-order valence-electron chi connectivity index (χ1n) is 24.9. The van der Waals surface area contributed by atoms with Crippen LogP contribution < -0.4 is 31.9 Å². The Morgan fingerprint density at radius 3 is 1.75 bits per heavy atom. The molecule has 2 aliphatic heterocycles. The average molecular weight is 943 g/mol. The van der Waals surface area contributed by atoms with Crippen LogP contribution in [0, 0.1) is 11.8 Å². The van der Waals surface area contributed by atoms with Gasteiger partial charge in [0.15, 0.2) is 0 Å². The molecular formula is C54H70N8O7. The summed E-state index contributed by atoms with van der Waals surface area (Å²) in [5.41, 5.74) is 5.87. The highest BCUT2D eigenvalue weighted by Crippen LogP contribution is 2.32. The van der Waals surface area contributed by atoms with E-state index in [9.17, 15) is 28.8 Å². The molecule has 6 amide bonds. The molecule has 0 bridgehead atoms. The van der Waals surface area contributed by atoms with Crippen LogP contribution in [0.4, 0.5) is 0 Å². The number of ether oxygens (including phenoxy) is 1. The second-order valence-corrected chi connectivity index (χ2v) is 18.8. The van der Waals surface area contributed by atoms with Gasteiger partial charge in [-0.05, 0) is 139 Å². The van der Waals surface area contributed by atoms with E-state index in [1.807, 2.05) is 31.2 Å². The highest BCUT2D eigenvalue weighted by molar-refractivity contribution is 5.95. The van der Waals surface area contributed by atoms with E-state index in [4.69, 9.17) is 4.74 Å². The van der Waals surface area contributed by atoms with Crippen molar-refractivity contribution in [2.24, 2.45) is 0 Å². The van der Waals surface area contributed by atoms with Crippen LogP contribution in [0.3, 0.4) is 0 Å². The predicted octanol–water partition coefficient (Wildman–Crippen LogP) is 4.06. The fraction of sp³-hybridized carbons (Fsp3) is 0.519. The third kappa shape index (κ3) is 12.2. The van der Waals surface area contributed by atoms with E-state index in [2.05, 4.69) is 68.0 Å². The van der Waals surface area contributed by atoms with Crippen molar-refractivity contribution in [3.05, 3.63) is 106 Å². The van der Waals surface area contributed by atoms with E-state index < -0.39 is 48.3 Å². The summed E-state index contributed by atoms with van der Waals surface area (Å²) >= 11 is 0. The monoisotopic (exact) mass is 943 g/mol. The first-order valence-corrected chi connectivity index (χ1v) is 24.9. The molecule has 9 atom stereocenters. The molecule has 69 heavy (non-hydrogen) atoms. The van der Waals surface area contributed by atoms with E-state index in [0.717, 1.165) is 49.7 Å². The van der Waals surface area contributed by atoms with Gasteiger partial charge in [0.25, 0.3) is 0 Å². The Labute approximate surface area is 407 Å². The summed E-state index contributed by atoms with van der Waals surface area (Å²) in [5, 5.41) is 18.3. The van der Waals surface area contributed by atoms with Gasteiger partial charge in [0.05, 0.1) is 30.3 Å². The number of nitrogens with zero attached hydrogens (tertiary/aromatic N) is 2. The summed E-state index contributed by atoms with van der Waals surface area (Å²) in [6.45, 7) is 6.00. The van der Waals surface area contributed by atoms with Crippen molar-refractivity contribution < 1.29 is 33.5 Å². The number of aryl methyl sites for hydroxylation is 2. The highest BCUT2D eigenvalue weighted by atomic mass is 16.5. The lowest BCUT2D eigenvalue weighted by molar-refractivity contribution is -0.145. The SMILES string of the molecule is CC[C@H](NC)C(=O)N[C@H](C(=O)N1CCC[C@H]1C(=O)N[C@@H]1CCCc2ccccc21)c1ccc(C#CCO[C@H](C)[C@H](NC(=O)[C@H](C)NC)C(=O)N2CCC[C@H]2C(=O)N[C@@H]2CCCc3ccccc32)cc1. The molecule has 0 unspecified atom stereocenters. The molecule has 15 nitrogen and oxygen atoms in total. The third-order valence-electron chi connectivity index (χ3n) is 14.4. The summed E-state index contributed by atoms with van der Waals surface area (Å²) in [6, 6.07) is 18.5. The maximum atomic E-state index is 14.5. The first kappa shape index (κ1) is 50.8. The van der Waals surface area contributed by atoms with E-state index in [-0.39, 0.29) is 48.2 Å². The van der Waals surface area contributed by atoms with E-state index in [0.29, 0.717) is 56.3 Å². The molecular weight excluding hydrogens is 873 g/mol. The number of hydrogen-bond acceptors (Lipinski definition) is 9. The zero-order valence-electron chi connectivity index (χ0n) is 40.8. The standard InChI is InChI=1S/C54H70N8O7/c1-6-42(56-5)50(64)60-48(54(68)62-32-14-26-46(62)52(66)58-44-24-12-20-38-18-8-10-22-41(38)44)39-29-27-36(28-30-39)16-15-33-69-35(3)47(59-49(63)34(2)55-4)53(67)61-31-13-25-45(61)51(65)57-43-23-11-19-37-17-7-9-21-40(37)43/h7-10,17-18,21-22,27-30,34-35,42-48,55-56H,6,11-14,19-20,23-26,31-33H2,1-5H3,(H,57,65)(H,58,66)(H,59,63)(H,60,64)/t34-,35+,42-,43+,44+,45-,46-,47-,48-/m0/s1. The molecule has 3 aromatic rings. The number of fused-ring (bicyclic) bond motifs is 2.